The zero-order chi connectivity index (χ0) is 32.7. The lowest BCUT2D eigenvalue weighted by Crippen LogP contribution is -2.34. The van der Waals surface area contributed by atoms with Crippen molar-refractivity contribution in [1.82, 2.24) is 9.88 Å². The second-order valence-electron chi connectivity index (χ2n) is 9.66. The molecule has 5 N–H and O–H groups in total. The summed E-state index contributed by atoms with van der Waals surface area (Å²) in [5.41, 5.74) is 1.83. The average molecular weight is 642 g/mol. The number of sulfone groups is 1. The van der Waals surface area contributed by atoms with Crippen molar-refractivity contribution in [2.24, 2.45) is 10.2 Å². The monoisotopic (exact) mass is 641 g/mol. The van der Waals surface area contributed by atoms with Gasteiger partial charge in [0.05, 0.1) is 56.4 Å². The number of ether oxygens (including phenoxy) is 2. The highest BCUT2D eigenvalue weighted by Crippen LogP contribution is 2.38. The molecule has 3 aromatic rings. The molecule has 0 spiro atoms. The van der Waals surface area contributed by atoms with E-state index in [2.05, 4.69) is 31.9 Å². The lowest BCUT2D eigenvalue weighted by Gasteiger charge is -2.20. The maximum Gasteiger partial charge on any atom is 0.179 e. The first kappa shape index (κ1) is 35.3. The van der Waals surface area contributed by atoms with Gasteiger partial charge in [0.1, 0.15) is 29.0 Å². The van der Waals surface area contributed by atoms with Crippen LogP contribution in [0.5, 0.6) is 5.75 Å². The van der Waals surface area contributed by atoms with Gasteiger partial charge in [0.15, 0.2) is 15.7 Å². The molecule has 0 radical (unpaired) electrons. The fourth-order valence-electron chi connectivity index (χ4n) is 4.27. The first-order valence-electron chi connectivity index (χ1n) is 14.2. The maximum absolute atomic E-state index is 13.2. The SMILES string of the molecule is COc1ccc(S(=O)(=O)CCN(CCO)CCO)cc1N=Nc1c(Nc2ccccc2)nc(NCCOCCO)c(C#N)c1C. The molecule has 14 nitrogen and oxygen atoms in total. The molecule has 0 aliphatic heterocycles. The zero-order valence-electron chi connectivity index (χ0n) is 25.3. The van der Waals surface area contributed by atoms with Crippen LogP contribution in [0, 0.1) is 18.3 Å². The first-order valence-corrected chi connectivity index (χ1v) is 15.9. The Morgan fingerprint density at radius 3 is 2.36 bits per heavy atom. The lowest BCUT2D eigenvalue weighted by molar-refractivity contribution is 0.0992. The Morgan fingerprint density at radius 2 is 1.71 bits per heavy atom. The molecule has 0 fully saturated rings. The molecule has 242 valence electrons. The Kier molecular flexibility index (Phi) is 14.1. The van der Waals surface area contributed by atoms with Gasteiger partial charge in [-0.15, -0.1) is 10.2 Å². The third-order valence-electron chi connectivity index (χ3n) is 6.61. The molecule has 1 aromatic heterocycles. The van der Waals surface area contributed by atoms with E-state index in [1.165, 1.54) is 25.3 Å². The minimum atomic E-state index is -3.77. The number of nitrogens with one attached hydrogen (secondary N) is 2. The van der Waals surface area contributed by atoms with Crippen molar-refractivity contribution in [3.63, 3.8) is 0 Å². The summed E-state index contributed by atoms with van der Waals surface area (Å²) in [5.74, 6) is 0.650. The molecule has 0 unspecified atom stereocenters. The Bertz CT molecular complexity index is 1560. The van der Waals surface area contributed by atoms with E-state index in [1.807, 2.05) is 30.3 Å². The van der Waals surface area contributed by atoms with Gasteiger partial charge in [-0.25, -0.2) is 13.4 Å². The number of pyridine rings is 1. The van der Waals surface area contributed by atoms with Gasteiger partial charge in [-0.2, -0.15) is 5.26 Å². The summed E-state index contributed by atoms with van der Waals surface area (Å²) in [4.78, 5) is 6.29. The van der Waals surface area contributed by atoms with Gasteiger partial charge in [0.25, 0.3) is 0 Å². The largest absolute Gasteiger partial charge is 0.494 e. The number of para-hydroxylation sites is 1. The van der Waals surface area contributed by atoms with E-state index in [0.717, 1.165) is 0 Å². The number of methoxy groups -OCH3 is 1. The van der Waals surface area contributed by atoms with Crippen LogP contribution in [0.3, 0.4) is 0 Å². The van der Waals surface area contributed by atoms with Gasteiger partial charge in [0, 0.05) is 37.4 Å². The van der Waals surface area contributed by atoms with Crippen LogP contribution in [0.4, 0.5) is 28.7 Å². The first-order chi connectivity index (χ1) is 21.8. The van der Waals surface area contributed by atoms with Gasteiger partial charge in [-0.05, 0) is 37.3 Å². The summed E-state index contributed by atoms with van der Waals surface area (Å²) in [5, 5.41) is 52.5. The van der Waals surface area contributed by atoms with Gasteiger partial charge in [0.2, 0.25) is 0 Å². The standard InChI is InChI=1S/C30H39N7O7S/c1-22-25(21-31)29(32-10-17-44-18-16-40)34-30(33-23-6-4-3-5-7-23)28(22)36-35-26-20-24(8-9-27(26)43-2)45(41,42)19-13-37(11-14-38)12-15-39/h3-9,20,38-40H,10-19H2,1-2H3,(H2,32,33,34). The minimum absolute atomic E-state index is 0.00311. The number of rotatable bonds is 19. The Hall–Kier alpha value is -4.17. The fourth-order valence-corrected chi connectivity index (χ4v) is 5.57. The highest BCUT2D eigenvalue weighted by Gasteiger charge is 2.20. The number of benzene rings is 2. The number of nitrogens with zero attached hydrogens (tertiary/aromatic N) is 5. The molecular weight excluding hydrogens is 602 g/mol. The van der Waals surface area contributed by atoms with Crippen LogP contribution >= 0.6 is 0 Å². The van der Waals surface area contributed by atoms with Crippen LogP contribution in [0.1, 0.15) is 11.1 Å². The summed E-state index contributed by atoms with van der Waals surface area (Å²) in [6.07, 6.45) is 0. The molecule has 0 aliphatic rings. The van der Waals surface area contributed by atoms with Crippen LogP contribution in [0.25, 0.3) is 0 Å². The van der Waals surface area contributed by atoms with Gasteiger partial charge in [-0.3, -0.25) is 4.90 Å². The maximum atomic E-state index is 13.2. The van der Waals surface area contributed by atoms with Crippen molar-refractivity contribution in [2.45, 2.75) is 11.8 Å². The van der Waals surface area contributed by atoms with E-state index in [-0.39, 0.29) is 86.0 Å². The number of nitriles is 1. The Labute approximate surface area is 262 Å². The smallest absolute Gasteiger partial charge is 0.179 e. The molecule has 45 heavy (non-hydrogen) atoms. The van der Waals surface area contributed by atoms with Gasteiger partial charge in [-0.1, -0.05) is 18.2 Å². The molecule has 0 aliphatic carbocycles. The van der Waals surface area contributed by atoms with E-state index in [1.54, 1.807) is 11.8 Å². The topological polar surface area (TPSA) is 202 Å². The predicted molar refractivity (Wildman–Crippen MR) is 170 cm³/mol. The third-order valence-corrected chi connectivity index (χ3v) is 8.31. The highest BCUT2D eigenvalue weighted by molar-refractivity contribution is 7.91. The van der Waals surface area contributed by atoms with E-state index in [4.69, 9.17) is 14.6 Å². The van der Waals surface area contributed by atoms with Crippen molar-refractivity contribution in [3.05, 3.63) is 59.7 Å². The molecule has 2 aromatic carbocycles. The van der Waals surface area contributed by atoms with Crippen molar-refractivity contribution < 1.29 is 33.2 Å². The number of aliphatic hydroxyl groups is 3. The fraction of sp³-hybridized carbons (Fsp3) is 0.400. The number of azo groups is 1. The number of aromatic nitrogens is 1. The van der Waals surface area contributed by atoms with Crippen LogP contribution in [0.2, 0.25) is 0 Å². The van der Waals surface area contributed by atoms with Crippen molar-refractivity contribution in [3.8, 4) is 11.8 Å². The molecule has 3 rings (SSSR count). The summed E-state index contributed by atoms with van der Waals surface area (Å²) in [6, 6.07) is 15.7. The van der Waals surface area contributed by atoms with Crippen LogP contribution in [-0.2, 0) is 14.6 Å². The number of anilines is 3. The second kappa shape index (κ2) is 18.0. The van der Waals surface area contributed by atoms with Gasteiger partial charge < -0.3 is 35.4 Å². The highest BCUT2D eigenvalue weighted by atomic mass is 32.2. The van der Waals surface area contributed by atoms with Crippen molar-refractivity contribution in [1.29, 1.82) is 5.26 Å². The molecule has 0 bridgehead atoms. The van der Waals surface area contributed by atoms with E-state index in [9.17, 15) is 23.9 Å². The number of aliphatic hydroxyl groups excluding tert-OH is 3. The third kappa shape index (κ3) is 10.2. The van der Waals surface area contributed by atoms with Crippen LogP contribution in [0.15, 0.2) is 63.7 Å². The van der Waals surface area contributed by atoms with Crippen molar-refractivity contribution in [2.75, 3.05) is 82.7 Å². The quantitative estimate of drug-likeness (QED) is 0.0948. The summed E-state index contributed by atoms with van der Waals surface area (Å²) in [6.45, 7) is 2.70. The van der Waals surface area contributed by atoms with Crippen LogP contribution < -0.4 is 15.4 Å². The summed E-state index contributed by atoms with van der Waals surface area (Å²) in [7, 11) is -2.34. The lowest BCUT2D eigenvalue weighted by atomic mass is 10.1. The number of hydrogen-bond acceptors (Lipinski definition) is 14. The van der Waals surface area contributed by atoms with Crippen LogP contribution in [-0.4, -0.2) is 106 Å². The molecule has 15 heteroatoms. The predicted octanol–water partition coefficient (Wildman–Crippen LogP) is 2.91. The molecular formula is C30H39N7O7S. The van der Waals surface area contributed by atoms with Gasteiger partial charge >= 0.3 is 0 Å². The minimum Gasteiger partial charge on any atom is -0.494 e. The van der Waals surface area contributed by atoms with Crippen molar-refractivity contribution >= 4 is 38.5 Å². The molecule has 0 saturated carbocycles. The molecule has 0 amide bonds. The second-order valence-corrected chi connectivity index (χ2v) is 11.8. The molecule has 0 saturated heterocycles. The average Bonchev–Trinajstić information content (AvgIpc) is 3.04. The summed E-state index contributed by atoms with van der Waals surface area (Å²) < 4.78 is 37.1. The summed E-state index contributed by atoms with van der Waals surface area (Å²) >= 11 is 0. The van der Waals surface area contributed by atoms with E-state index < -0.39 is 9.84 Å². The Morgan fingerprint density at radius 1 is 0.978 bits per heavy atom. The van der Waals surface area contributed by atoms with E-state index in [0.29, 0.717) is 29.4 Å². The number of hydrogen-bond donors (Lipinski definition) is 5. The van der Waals surface area contributed by atoms with E-state index >= 15 is 0 Å². The molecule has 0 atom stereocenters. The Balaban J connectivity index is 2.00. The normalized spacial score (nSPS) is 11.6. The molecule has 1 heterocycles. The zero-order valence-corrected chi connectivity index (χ0v) is 26.1.